The molecule has 4 aliphatic carbocycles. The van der Waals surface area contributed by atoms with Gasteiger partial charge in [-0.15, -0.1) is 10.2 Å². The van der Waals surface area contributed by atoms with Gasteiger partial charge in [0.15, 0.2) is 0 Å². The van der Waals surface area contributed by atoms with Crippen LogP contribution in [0.3, 0.4) is 0 Å². The lowest BCUT2D eigenvalue weighted by Gasteiger charge is -2.55. The molecule has 1 heterocycles. The third-order valence-corrected chi connectivity index (χ3v) is 7.89. The molecule has 1 amide bonds. The number of thioether (sulfide) groups is 1. The standard InChI is InChI=1S/C20H22IN3O2S/c21-15-1-3-16(4-2-15)22-17(25)11-27-19-24-23-18(26-19)20-8-12-5-13(9-20)7-14(6-12)10-20/h1-4,12-14H,5-11H2,(H,22,25). The van der Waals surface area contributed by atoms with Crippen molar-refractivity contribution in [2.24, 2.45) is 17.8 Å². The molecule has 4 fully saturated rings. The third-order valence-electron chi connectivity index (χ3n) is 6.35. The first kappa shape index (κ1) is 18.0. The predicted octanol–water partition coefficient (Wildman–Crippen LogP) is 4.87. The van der Waals surface area contributed by atoms with Gasteiger partial charge in [-0.05, 0) is 103 Å². The lowest BCUT2D eigenvalue weighted by molar-refractivity contribution is -0.113. The summed E-state index contributed by atoms with van der Waals surface area (Å²) in [6.45, 7) is 0. The monoisotopic (exact) mass is 495 g/mol. The SMILES string of the molecule is O=C(CSc1nnc(C23CC4CC(CC(C4)C2)C3)o1)Nc1ccc(I)cc1. The van der Waals surface area contributed by atoms with E-state index in [1.807, 2.05) is 24.3 Å². The third kappa shape index (κ3) is 3.64. The number of carbonyl (C=O) groups is 1. The molecule has 0 atom stereocenters. The molecule has 4 bridgehead atoms. The Morgan fingerprint density at radius 2 is 1.74 bits per heavy atom. The second kappa shape index (κ2) is 7.06. The molecule has 7 heteroatoms. The number of rotatable bonds is 5. The van der Waals surface area contributed by atoms with Crippen LogP contribution in [-0.4, -0.2) is 21.9 Å². The van der Waals surface area contributed by atoms with Crippen LogP contribution in [-0.2, 0) is 10.2 Å². The molecule has 1 aromatic heterocycles. The number of nitrogens with zero attached hydrogens (tertiary/aromatic N) is 2. The number of halogens is 1. The Morgan fingerprint density at radius 1 is 1.11 bits per heavy atom. The maximum absolute atomic E-state index is 12.2. The summed E-state index contributed by atoms with van der Waals surface area (Å²) in [5.41, 5.74) is 0.921. The highest BCUT2D eigenvalue weighted by Crippen LogP contribution is 2.60. The summed E-state index contributed by atoms with van der Waals surface area (Å²) in [5.74, 6) is 3.57. The van der Waals surface area contributed by atoms with E-state index in [0.717, 1.165) is 32.9 Å². The molecule has 0 unspecified atom stereocenters. The fourth-order valence-corrected chi connectivity index (χ4v) is 6.64. The van der Waals surface area contributed by atoms with Crippen molar-refractivity contribution in [2.75, 3.05) is 11.1 Å². The summed E-state index contributed by atoms with van der Waals surface area (Å²) in [6.07, 6.45) is 7.81. The molecule has 6 rings (SSSR count). The molecular weight excluding hydrogens is 473 g/mol. The molecule has 27 heavy (non-hydrogen) atoms. The number of anilines is 1. The lowest BCUT2D eigenvalue weighted by Crippen LogP contribution is -2.48. The van der Waals surface area contributed by atoms with Crippen molar-refractivity contribution in [3.05, 3.63) is 33.7 Å². The fourth-order valence-electron chi connectivity index (χ4n) is 5.71. The zero-order valence-electron chi connectivity index (χ0n) is 15.0. The summed E-state index contributed by atoms with van der Waals surface area (Å²) < 4.78 is 7.19. The van der Waals surface area contributed by atoms with Crippen molar-refractivity contribution in [3.63, 3.8) is 0 Å². The average molecular weight is 495 g/mol. The average Bonchev–Trinajstić information content (AvgIpc) is 3.11. The first-order valence-corrected chi connectivity index (χ1v) is 11.7. The maximum atomic E-state index is 12.2. The molecule has 0 radical (unpaired) electrons. The first-order valence-electron chi connectivity index (χ1n) is 9.60. The van der Waals surface area contributed by atoms with Crippen LogP contribution >= 0.6 is 34.4 Å². The smallest absolute Gasteiger partial charge is 0.277 e. The molecule has 4 saturated carbocycles. The van der Waals surface area contributed by atoms with Gasteiger partial charge in [-0.3, -0.25) is 4.79 Å². The largest absolute Gasteiger partial charge is 0.415 e. The number of nitrogens with one attached hydrogen (secondary N) is 1. The molecule has 2 aromatic rings. The van der Waals surface area contributed by atoms with Gasteiger partial charge < -0.3 is 9.73 Å². The Balaban J connectivity index is 1.21. The van der Waals surface area contributed by atoms with E-state index < -0.39 is 0 Å². The van der Waals surface area contributed by atoms with Crippen LogP contribution in [0.2, 0.25) is 0 Å². The van der Waals surface area contributed by atoms with E-state index in [0.29, 0.717) is 5.22 Å². The number of amides is 1. The van der Waals surface area contributed by atoms with Crippen LogP contribution in [0, 0.1) is 21.3 Å². The molecular formula is C20H22IN3O2S. The van der Waals surface area contributed by atoms with Gasteiger partial charge in [-0.1, -0.05) is 11.8 Å². The molecule has 0 aliphatic heterocycles. The maximum Gasteiger partial charge on any atom is 0.277 e. The van der Waals surface area contributed by atoms with E-state index in [1.54, 1.807) is 0 Å². The van der Waals surface area contributed by atoms with Crippen molar-refractivity contribution in [3.8, 4) is 0 Å². The van der Waals surface area contributed by atoms with Gasteiger partial charge in [0, 0.05) is 14.7 Å². The summed E-state index contributed by atoms with van der Waals surface area (Å²) in [7, 11) is 0. The Kier molecular flexibility index (Phi) is 4.70. The molecule has 1 aromatic carbocycles. The minimum Gasteiger partial charge on any atom is -0.415 e. The van der Waals surface area contributed by atoms with Gasteiger partial charge in [-0.25, -0.2) is 0 Å². The molecule has 142 valence electrons. The minimum absolute atomic E-state index is 0.0595. The van der Waals surface area contributed by atoms with Crippen molar-refractivity contribution < 1.29 is 9.21 Å². The van der Waals surface area contributed by atoms with Gasteiger partial charge in [0.25, 0.3) is 5.22 Å². The van der Waals surface area contributed by atoms with E-state index in [9.17, 15) is 4.79 Å². The summed E-state index contributed by atoms with van der Waals surface area (Å²) in [5, 5.41) is 12.1. The van der Waals surface area contributed by atoms with Gasteiger partial charge in [-0.2, -0.15) is 0 Å². The Morgan fingerprint density at radius 3 is 2.37 bits per heavy atom. The fraction of sp³-hybridized carbons (Fsp3) is 0.550. The number of hydrogen-bond donors (Lipinski definition) is 1. The summed E-state index contributed by atoms with van der Waals surface area (Å²) in [4.78, 5) is 12.2. The number of benzene rings is 1. The molecule has 0 saturated heterocycles. The van der Waals surface area contributed by atoms with E-state index in [1.165, 1.54) is 50.3 Å². The molecule has 5 nitrogen and oxygen atoms in total. The zero-order valence-corrected chi connectivity index (χ0v) is 18.0. The summed E-state index contributed by atoms with van der Waals surface area (Å²) in [6, 6.07) is 7.75. The molecule has 1 N–H and O–H groups in total. The van der Waals surface area contributed by atoms with Crippen molar-refractivity contribution >= 4 is 45.9 Å². The number of aromatic nitrogens is 2. The van der Waals surface area contributed by atoms with Crippen molar-refractivity contribution in [1.29, 1.82) is 0 Å². The minimum atomic E-state index is -0.0595. The van der Waals surface area contributed by atoms with Crippen molar-refractivity contribution in [1.82, 2.24) is 10.2 Å². The zero-order chi connectivity index (χ0) is 18.4. The normalized spacial score (nSPS) is 31.2. The van der Waals surface area contributed by atoms with E-state index in [2.05, 4.69) is 38.1 Å². The highest BCUT2D eigenvalue weighted by molar-refractivity contribution is 14.1. The van der Waals surface area contributed by atoms with Crippen LogP contribution in [0.5, 0.6) is 0 Å². The molecule has 4 aliphatic rings. The highest BCUT2D eigenvalue weighted by Gasteiger charge is 2.54. The predicted molar refractivity (Wildman–Crippen MR) is 113 cm³/mol. The second-order valence-corrected chi connectivity index (χ2v) is 10.6. The van der Waals surface area contributed by atoms with E-state index in [4.69, 9.17) is 4.42 Å². The number of hydrogen-bond acceptors (Lipinski definition) is 5. The highest BCUT2D eigenvalue weighted by atomic mass is 127. The Hall–Kier alpha value is -1.09. The van der Waals surface area contributed by atoms with Gasteiger partial charge >= 0.3 is 0 Å². The van der Waals surface area contributed by atoms with Gasteiger partial charge in [0.2, 0.25) is 11.8 Å². The van der Waals surface area contributed by atoms with Gasteiger partial charge in [0.1, 0.15) is 0 Å². The Labute approximate surface area is 176 Å². The Bertz CT molecular complexity index is 816. The van der Waals surface area contributed by atoms with Crippen LogP contribution < -0.4 is 5.32 Å². The van der Waals surface area contributed by atoms with Crippen LogP contribution in [0.4, 0.5) is 5.69 Å². The van der Waals surface area contributed by atoms with Crippen LogP contribution in [0.25, 0.3) is 0 Å². The first-order chi connectivity index (χ1) is 13.1. The van der Waals surface area contributed by atoms with Crippen LogP contribution in [0.1, 0.15) is 44.4 Å². The second-order valence-electron chi connectivity index (χ2n) is 8.41. The quantitative estimate of drug-likeness (QED) is 0.474. The lowest BCUT2D eigenvalue weighted by atomic mass is 9.49. The van der Waals surface area contributed by atoms with Crippen LogP contribution in [0.15, 0.2) is 33.9 Å². The van der Waals surface area contributed by atoms with Gasteiger partial charge in [0.05, 0.1) is 5.75 Å². The van der Waals surface area contributed by atoms with E-state index >= 15 is 0 Å². The topological polar surface area (TPSA) is 68.0 Å². The van der Waals surface area contributed by atoms with Crippen molar-refractivity contribution in [2.45, 2.75) is 49.2 Å². The van der Waals surface area contributed by atoms with E-state index in [-0.39, 0.29) is 17.1 Å². The molecule has 0 spiro atoms. The summed E-state index contributed by atoms with van der Waals surface area (Å²) >= 11 is 3.57. The number of carbonyl (C=O) groups excluding carboxylic acids is 1.